The van der Waals surface area contributed by atoms with Crippen LogP contribution in [0.3, 0.4) is 0 Å². The van der Waals surface area contributed by atoms with Crippen LogP contribution in [0.4, 0.5) is 5.69 Å². The number of hydrogen-bond acceptors (Lipinski definition) is 6. The molecule has 1 aliphatic rings. The third-order valence-corrected chi connectivity index (χ3v) is 3.10. The normalized spacial score (nSPS) is 16.3. The van der Waals surface area contributed by atoms with E-state index in [-0.39, 0.29) is 31.1 Å². The quantitative estimate of drug-likeness (QED) is 0.275. The maximum atomic E-state index is 12.2. The van der Waals surface area contributed by atoms with E-state index in [1.54, 1.807) is 31.2 Å². The summed E-state index contributed by atoms with van der Waals surface area (Å²) in [5.74, 6) is 4.39. The third-order valence-electron chi connectivity index (χ3n) is 3.10. The zero-order valence-corrected chi connectivity index (χ0v) is 12.2. The minimum absolute atomic E-state index is 0.0457. The molecule has 0 aromatic heterocycles. The third kappa shape index (κ3) is 3.50. The zero-order valence-electron chi connectivity index (χ0n) is 12.2. The number of para-hydroxylation sites is 1. The minimum Gasteiger partial charge on any atom is -0.465 e. The van der Waals surface area contributed by atoms with Crippen molar-refractivity contribution in [1.82, 2.24) is 4.90 Å². The Bertz CT molecular complexity index is 612. The van der Waals surface area contributed by atoms with Crippen molar-refractivity contribution in [3.63, 3.8) is 0 Å². The molecular weight excluding hydrogens is 286 g/mol. The Balaban J connectivity index is 2.11. The topological polar surface area (TPSA) is 92.9 Å². The number of amides is 1. The zero-order chi connectivity index (χ0) is 16.1. The maximum absolute atomic E-state index is 12.2. The van der Waals surface area contributed by atoms with Crippen molar-refractivity contribution in [3.05, 3.63) is 42.1 Å². The fourth-order valence-electron chi connectivity index (χ4n) is 2.05. The van der Waals surface area contributed by atoms with Gasteiger partial charge >= 0.3 is 5.97 Å². The van der Waals surface area contributed by atoms with Crippen molar-refractivity contribution in [2.75, 3.05) is 24.7 Å². The summed E-state index contributed by atoms with van der Waals surface area (Å²) in [4.78, 5) is 36.7. The van der Waals surface area contributed by atoms with E-state index in [2.05, 4.69) is 0 Å². The van der Waals surface area contributed by atoms with E-state index in [9.17, 15) is 14.4 Å². The summed E-state index contributed by atoms with van der Waals surface area (Å²) in [6, 6.07) is 8.91. The first-order chi connectivity index (χ1) is 10.5. The van der Waals surface area contributed by atoms with Crippen molar-refractivity contribution >= 4 is 23.3 Å². The fourth-order valence-corrected chi connectivity index (χ4v) is 2.05. The predicted molar refractivity (Wildman–Crippen MR) is 79.4 cm³/mol. The van der Waals surface area contributed by atoms with Crippen LogP contribution in [0.1, 0.15) is 6.92 Å². The lowest BCUT2D eigenvalue weighted by atomic mass is 10.2. The SMILES string of the molecule is CCOC(=O)CN1CC(=O)/C(=C\N(N)c2ccccc2)C1=O. The van der Waals surface area contributed by atoms with Crippen LogP contribution in [0.15, 0.2) is 42.1 Å². The smallest absolute Gasteiger partial charge is 0.325 e. The second-order valence-electron chi connectivity index (χ2n) is 4.68. The summed E-state index contributed by atoms with van der Waals surface area (Å²) in [5, 5.41) is 1.21. The second kappa shape index (κ2) is 6.86. The molecular formula is C15H17N3O4. The monoisotopic (exact) mass is 303 g/mol. The molecule has 0 aliphatic carbocycles. The maximum Gasteiger partial charge on any atom is 0.325 e. The van der Waals surface area contributed by atoms with E-state index in [0.717, 1.165) is 4.90 Å². The van der Waals surface area contributed by atoms with Crippen LogP contribution in [0.25, 0.3) is 0 Å². The Morgan fingerprint density at radius 3 is 2.68 bits per heavy atom. The molecule has 1 aromatic carbocycles. The summed E-state index contributed by atoms with van der Waals surface area (Å²) in [5.41, 5.74) is 0.593. The van der Waals surface area contributed by atoms with Crippen molar-refractivity contribution in [2.45, 2.75) is 6.92 Å². The number of hydrazine groups is 1. The molecule has 22 heavy (non-hydrogen) atoms. The summed E-state index contributed by atoms with van der Waals surface area (Å²) in [7, 11) is 0. The van der Waals surface area contributed by atoms with Gasteiger partial charge in [-0.25, -0.2) is 5.84 Å². The van der Waals surface area contributed by atoms with Crippen LogP contribution in [0.5, 0.6) is 0 Å². The standard InChI is InChI=1S/C15H17N3O4/c1-2-22-14(20)10-17-9-13(19)12(15(17)21)8-18(16)11-6-4-3-5-7-11/h3-8H,2,9-10,16H2,1H3/b12-8+. The summed E-state index contributed by atoms with van der Waals surface area (Å²) >= 11 is 0. The first-order valence-electron chi connectivity index (χ1n) is 6.81. The van der Waals surface area contributed by atoms with Gasteiger partial charge in [-0.05, 0) is 19.1 Å². The summed E-state index contributed by atoms with van der Waals surface area (Å²) in [6.45, 7) is 1.51. The van der Waals surface area contributed by atoms with Gasteiger partial charge in [-0.15, -0.1) is 0 Å². The Labute approximate surface area is 127 Å². The van der Waals surface area contributed by atoms with Crippen molar-refractivity contribution in [2.24, 2.45) is 5.84 Å². The number of esters is 1. The van der Waals surface area contributed by atoms with Crippen LogP contribution in [-0.2, 0) is 19.1 Å². The second-order valence-corrected chi connectivity index (χ2v) is 4.68. The molecule has 1 aromatic rings. The molecule has 0 spiro atoms. The number of ether oxygens (including phenoxy) is 1. The lowest BCUT2D eigenvalue weighted by molar-refractivity contribution is -0.147. The number of hydrogen-bond donors (Lipinski definition) is 1. The van der Waals surface area contributed by atoms with Gasteiger partial charge < -0.3 is 9.64 Å². The molecule has 0 saturated carbocycles. The first-order valence-corrected chi connectivity index (χ1v) is 6.81. The van der Waals surface area contributed by atoms with Gasteiger partial charge in [0.2, 0.25) is 0 Å². The predicted octanol–water partition coefficient (Wildman–Crippen LogP) is 0.225. The Hall–Kier alpha value is -2.67. The number of benzene rings is 1. The van der Waals surface area contributed by atoms with Gasteiger partial charge in [0.05, 0.1) is 18.8 Å². The average molecular weight is 303 g/mol. The van der Waals surface area contributed by atoms with Crippen LogP contribution >= 0.6 is 0 Å². The summed E-state index contributed by atoms with van der Waals surface area (Å²) in [6.07, 6.45) is 1.28. The van der Waals surface area contributed by atoms with Gasteiger partial charge in [-0.2, -0.15) is 0 Å². The molecule has 116 valence electrons. The molecule has 7 nitrogen and oxygen atoms in total. The van der Waals surface area contributed by atoms with Crippen LogP contribution in [0.2, 0.25) is 0 Å². The highest BCUT2D eigenvalue weighted by molar-refractivity contribution is 6.25. The van der Waals surface area contributed by atoms with Crippen molar-refractivity contribution in [1.29, 1.82) is 0 Å². The van der Waals surface area contributed by atoms with Crippen LogP contribution < -0.4 is 10.9 Å². The van der Waals surface area contributed by atoms with Gasteiger partial charge in [0.1, 0.15) is 12.1 Å². The van der Waals surface area contributed by atoms with Crippen molar-refractivity contribution in [3.8, 4) is 0 Å². The molecule has 0 bridgehead atoms. The van der Waals surface area contributed by atoms with Gasteiger partial charge in [0.15, 0.2) is 5.78 Å². The number of anilines is 1. The largest absolute Gasteiger partial charge is 0.465 e. The van der Waals surface area contributed by atoms with Gasteiger partial charge in [-0.1, -0.05) is 18.2 Å². The number of likely N-dealkylation sites (tertiary alicyclic amines) is 1. The molecule has 1 heterocycles. The lowest BCUT2D eigenvalue weighted by Gasteiger charge is -2.15. The molecule has 0 atom stereocenters. The lowest BCUT2D eigenvalue weighted by Crippen LogP contribution is -2.33. The first kappa shape index (κ1) is 15.7. The van der Waals surface area contributed by atoms with E-state index in [4.69, 9.17) is 10.6 Å². The van der Waals surface area contributed by atoms with E-state index in [1.165, 1.54) is 11.2 Å². The van der Waals surface area contributed by atoms with E-state index in [1.807, 2.05) is 6.07 Å². The van der Waals surface area contributed by atoms with E-state index >= 15 is 0 Å². The number of nitrogens with zero attached hydrogens (tertiary/aromatic N) is 2. The minimum atomic E-state index is -0.544. The Morgan fingerprint density at radius 2 is 2.05 bits per heavy atom. The molecule has 0 unspecified atom stereocenters. The summed E-state index contributed by atoms with van der Waals surface area (Å²) < 4.78 is 4.77. The molecule has 7 heteroatoms. The average Bonchev–Trinajstić information content (AvgIpc) is 2.76. The van der Waals surface area contributed by atoms with E-state index < -0.39 is 11.9 Å². The number of rotatable bonds is 5. The van der Waals surface area contributed by atoms with Crippen LogP contribution in [-0.4, -0.2) is 42.3 Å². The van der Waals surface area contributed by atoms with Gasteiger partial charge in [0.25, 0.3) is 5.91 Å². The fraction of sp³-hybridized carbons (Fsp3) is 0.267. The Kier molecular flexibility index (Phi) is 4.90. The molecule has 1 saturated heterocycles. The number of Topliss-reactive ketones (excluding diaryl/α,β-unsaturated/α-hetero) is 1. The van der Waals surface area contributed by atoms with Crippen LogP contribution in [0, 0.1) is 0 Å². The number of ketones is 1. The van der Waals surface area contributed by atoms with E-state index in [0.29, 0.717) is 5.69 Å². The molecule has 2 rings (SSSR count). The van der Waals surface area contributed by atoms with Gasteiger partial charge in [-0.3, -0.25) is 19.4 Å². The molecule has 0 radical (unpaired) electrons. The Morgan fingerprint density at radius 1 is 1.36 bits per heavy atom. The highest BCUT2D eigenvalue weighted by Gasteiger charge is 2.35. The number of nitrogens with two attached hydrogens (primary N) is 1. The molecule has 1 aliphatic heterocycles. The number of carbonyl (C=O) groups excluding carboxylic acids is 3. The highest BCUT2D eigenvalue weighted by Crippen LogP contribution is 2.17. The molecule has 1 amide bonds. The van der Waals surface area contributed by atoms with Crippen molar-refractivity contribution < 1.29 is 19.1 Å². The molecule has 1 fully saturated rings. The number of carbonyl (C=O) groups is 3. The highest BCUT2D eigenvalue weighted by atomic mass is 16.5. The van der Waals surface area contributed by atoms with Gasteiger partial charge in [0, 0.05) is 6.20 Å². The molecule has 2 N–H and O–H groups in total.